The van der Waals surface area contributed by atoms with Crippen LogP contribution in [0.25, 0.3) is 0 Å². The van der Waals surface area contributed by atoms with Crippen molar-refractivity contribution in [3.63, 3.8) is 0 Å². The number of hydrogen-bond donors (Lipinski definition) is 0. The van der Waals surface area contributed by atoms with Crippen LogP contribution in [0.15, 0.2) is 42.5 Å². The summed E-state index contributed by atoms with van der Waals surface area (Å²) >= 11 is 0. The summed E-state index contributed by atoms with van der Waals surface area (Å²) in [7, 11) is 0. The number of aryl methyl sites for hydroxylation is 2. The molecule has 0 bridgehead atoms. The normalized spacial score (nSPS) is 19.5. The molecule has 128 valence electrons. The van der Waals surface area contributed by atoms with E-state index < -0.39 is 0 Å². The zero-order valence-electron chi connectivity index (χ0n) is 15.6. The Balaban J connectivity index is 1.83. The second kappa shape index (κ2) is 8.01. The third kappa shape index (κ3) is 3.74. The van der Waals surface area contributed by atoms with Crippen LogP contribution in [-0.2, 0) is 12.8 Å². The molecule has 0 heteroatoms. The molecule has 0 radical (unpaired) electrons. The minimum atomic E-state index is 0.594. The standard InChI is InChI=1S/C24H32/c1-4-6-8-19-10-13-21(14-11-19)23-16-18(3)22-15-12-20(9-7-5-2)17-24(22)23/h10-15,17-18,23H,4-9,16H2,1-3H3. The fourth-order valence-corrected chi connectivity index (χ4v) is 4.13. The Hall–Kier alpha value is -1.56. The van der Waals surface area contributed by atoms with Gasteiger partial charge in [0, 0.05) is 5.92 Å². The Labute approximate surface area is 148 Å². The third-order valence-electron chi connectivity index (χ3n) is 5.67. The maximum absolute atomic E-state index is 2.50. The molecule has 1 aliphatic rings. The van der Waals surface area contributed by atoms with Gasteiger partial charge in [0.25, 0.3) is 0 Å². The Morgan fingerprint density at radius 1 is 0.792 bits per heavy atom. The van der Waals surface area contributed by atoms with Crippen molar-refractivity contribution in [1.82, 2.24) is 0 Å². The van der Waals surface area contributed by atoms with E-state index in [2.05, 4.69) is 63.2 Å². The van der Waals surface area contributed by atoms with Crippen molar-refractivity contribution in [2.45, 2.75) is 77.6 Å². The number of rotatable bonds is 7. The van der Waals surface area contributed by atoms with Gasteiger partial charge in [-0.3, -0.25) is 0 Å². The van der Waals surface area contributed by atoms with Crippen LogP contribution < -0.4 is 0 Å². The van der Waals surface area contributed by atoms with Gasteiger partial charge in [0.2, 0.25) is 0 Å². The van der Waals surface area contributed by atoms with Gasteiger partial charge < -0.3 is 0 Å². The van der Waals surface area contributed by atoms with Crippen molar-refractivity contribution in [2.24, 2.45) is 0 Å². The first kappa shape index (κ1) is 17.3. The van der Waals surface area contributed by atoms with Gasteiger partial charge in [0.15, 0.2) is 0 Å². The molecule has 0 aliphatic heterocycles. The fraction of sp³-hybridized carbons (Fsp3) is 0.500. The van der Waals surface area contributed by atoms with Crippen LogP contribution in [0.1, 0.15) is 92.5 Å². The Morgan fingerprint density at radius 3 is 2.08 bits per heavy atom. The zero-order chi connectivity index (χ0) is 16.9. The highest BCUT2D eigenvalue weighted by atomic mass is 14.3. The molecule has 2 aromatic carbocycles. The van der Waals surface area contributed by atoms with Crippen molar-refractivity contribution in [3.05, 3.63) is 70.3 Å². The number of benzene rings is 2. The van der Waals surface area contributed by atoms with Gasteiger partial charge in [0.1, 0.15) is 0 Å². The molecule has 0 amide bonds. The first-order chi connectivity index (χ1) is 11.7. The highest BCUT2D eigenvalue weighted by Gasteiger charge is 2.29. The average Bonchev–Trinajstić information content (AvgIpc) is 2.95. The third-order valence-corrected chi connectivity index (χ3v) is 5.67. The lowest BCUT2D eigenvalue weighted by atomic mass is 9.90. The minimum absolute atomic E-state index is 0.594. The van der Waals surface area contributed by atoms with Crippen LogP contribution in [0.4, 0.5) is 0 Å². The summed E-state index contributed by atoms with van der Waals surface area (Å²) in [6.45, 7) is 6.93. The molecule has 24 heavy (non-hydrogen) atoms. The summed E-state index contributed by atoms with van der Waals surface area (Å²) in [5, 5.41) is 0. The molecule has 0 N–H and O–H groups in total. The second-order valence-corrected chi connectivity index (χ2v) is 7.60. The molecule has 0 aromatic heterocycles. The van der Waals surface area contributed by atoms with E-state index in [4.69, 9.17) is 0 Å². The maximum atomic E-state index is 2.50. The predicted octanol–water partition coefficient (Wildman–Crippen LogP) is 7.01. The highest BCUT2D eigenvalue weighted by molar-refractivity contribution is 5.46. The summed E-state index contributed by atoms with van der Waals surface area (Å²) in [6, 6.07) is 16.8. The van der Waals surface area contributed by atoms with Crippen molar-refractivity contribution in [2.75, 3.05) is 0 Å². The highest BCUT2D eigenvalue weighted by Crippen LogP contribution is 2.45. The Morgan fingerprint density at radius 2 is 1.42 bits per heavy atom. The Kier molecular flexibility index (Phi) is 5.76. The molecule has 2 unspecified atom stereocenters. The van der Waals surface area contributed by atoms with Gasteiger partial charge in [-0.1, -0.05) is 76.1 Å². The van der Waals surface area contributed by atoms with Crippen molar-refractivity contribution < 1.29 is 0 Å². The summed E-state index contributed by atoms with van der Waals surface area (Å²) in [5.41, 5.74) is 7.69. The van der Waals surface area contributed by atoms with Gasteiger partial charge in [-0.2, -0.15) is 0 Å². The van der Waals surface area contributed by atoms with Crippen LogP contribution in [0.3, 0.4) is 0 Å². The molecule has 2 atom stereocenters. The van der Waals surface area contributed by atoms with Crippen molar-refractivity contribution in [1.29, 1.82) is 0 Å². The summed E-state index contributed by atoms with van der Waals surface area (Å²) in [6.07, 6.45) is 8.85. The minimum Gasteiger partial charge on any atom is -0.0654 e. The second-order valence-electron chi connectivity index (χ2n) is 7.60. The summed E-state index contributed by atoms with van der Waals surface area (Å²) in [4.78, 5) is 0. The van der Waals surface area contributed by atoms with Crippen LogP contribution in [0.5, 0.6) is 0 Å². The monoisotopic (exact) mass is 320 g/mol. The molecule has 0 heterocycles. The van der Waals surface area contributed by atoms with E-state index in [0.717, 1.165) is 0 Å². The topological polar surface area (TPSA) is 0 Å². The van der Waals surface area contributed by atoms with E-state index in [1.165, 1.54) is 61.6 Å². The van der Waals surface area contributed by atoms with Gasteiger partial charge in [-0.25, -0.2) is 0 Å². The van der Waals surface area contributed by atoms with Crippen LogP contribution in [0.2, 0.25) is 0 Å². The lowest BCUT2D eigenvalue weighted by Gasteiger charge is -2.14. The van der Waals surface area contributed by atoms with Gasteiger partial charge >= 0.3 is 0 Å². The van der Waals surface area contributed by atoms with E-state index in [1.54, 1.807) is 11.1 Å². The molecular formula is C24H32. The lowest BCUT2D eigenvalue weighted by Crippen LogP contribution is -1.98. The van der Waals surface area contributed by atoms with Gasteiger partial charge in [0.05, 0.1) is 0 Å². The quantitative estimate of drug-likeness (QED) is 0.514. The molecule has 2 aromatic rings. The molecule has 0 spiro atoms. The van der Waals surface area contributed by atoms with Crippen LogP contribution in [-0.4, -0.2) is 0 Å². The van der Waals surface area contributed by atoms with Crippen LogP contribution in [0, 0.1) is 0 Å². The molecule has 0 saturated carbocycles. The van der Waals surface area contributed by atoms with E-state index in [1.807, 2.05) is 0 Å². The van der Waals surface area contributed by atoms with E-state index in [9.17, 15) is 0 Å². The first-order valence-corrected chi connectivity index (χ1v) is 9.94. The molecule has 1 aliphatic carbocycles. The average molecular weight is 321 g/mol. The smallest absolute Gasteiger partial charge is 0.00979 e. The number of fused-ring (bicyclic) bond motifs is 1. The Bertz CT molecular complexity index is 650. The molecule has 3 rings (SSSR count). The largest absolute Gasteiger partial charge is 0.0654 e. The van der Waals surface area contributed by atoms with Gasteiger partial charge in [-0.05, 0) is 65.8 Å². The fourth-order valence-electron chi connectivity index (χ4n) is 4.13. The molecule has 0 fully saturated rings. The van der Waals surface area contributed by atoms with E-state index >= 15 is 0 Å². The SMILES string of the molecule is CCCCc1ccc(C2CC(C)c3ccc(CCCC)cc32)cc1. The molecule has 0 saturated heterocycles. The summed E-state index contributed by atoms with van der Waals surface area (Å²) in [5.74, 6) is 1.28. The van der Waals surface area contributed by atoms with E-state index in [0.29, 0.717) is 11.8 Å². The zero-order valence-corrected chi connectivity index (χ0v) is 15.6. The number of unbranched alkanes of at least 4 members (excludes halogenated alkanes) is 2. The molecular weight excluding hydrogens is 288 g/mol. The van der Waals surface area contributed by atoms with E-state index in [-0.39, 0.29) is 0 Å². The first-order valence-electron chi connectivity index (χ1n) is 9.94. The lowest BCUT2D eigenvalue weighted by molar-refractivity contribution is 0.685. The predicted molar refractivity (Wildman–Crippen MR) is 105 cm³/mol. The van der Waals surface area contributed by atoms with Crippen molar-refractivity contribution in [3.8, 4) is 0 Å². The molecule has 0 nitrogen and oxygen atoms in total. The van der Waals surface area contributed by atoms with Crippen molar-refractivity contribution >= 4 is 0 Å². The van der Waals surface area contributed by atoms with Gasteiger partial charge in [-0.15, -0.1) is 0 Å². The van der Waals surface area contributed by atoms with Crippen LogP contribution >= 0.6 is 0 Å². The number of hydrogen-bond acceptors (Lipinski definition) is 0. The maximum Gasteiger partial charge on any atom is 0.00979 e. The summed E-state index contributed by atoms with van der Waals surface area (Å²) < 4.78 is 0.